The molecule has 1 aliphatic rings. The Bertz CT molecular complexity index is 1130. The first kappa shape index (κ1) is 31.7. The normalized spacial score (nSPS) is 18.0. The average Bonchev–Trinajstić information content (AvgIpc) is 3.52. The molecule has 1 saturated heterocycles. The van der Waals surface area contributed by atoms with Gasteiger partial charge in [0.1, 0.15) is 12.1 Å². The van der Waals surface area contributed by atoms with Crippen LogP contribution in [-0.2, 0) is 20.9 Å². The molecule has 0 unspecified atom stereocenters. The molecule has 220 valence electrons. The Balaban J connectivity index is 1.59. The predicted molar refractivity (Wildman–Crippen MR) is 160 cm³/mol. The number of nitrogens with zero attached hydrogens (tertiary/aromatic N) is 2. The molecule has 2 heterocycles. The van der Waals surface area contributed by atoms with Gasteiger partial charge in [0.2, 0.25) is 17.7 Å². The van der Waals surface area contributed by atoms with Gasteiger partial charge in [-0.1, -0.05) is 84.1 Å². The van der Waals surface area contributed by atoms with E-state index in [1.807, 2.05) is 57.5 Å². The van der Waals surface area contributed by atoms with Gasteiger partial charge >= 0.3 is 0 Å². The minimum atomic E-state index is -0.791. The maximum Gasteiger partial charge on any atom is 0.246 e. The number of hydrogen-bond acceptors (Lipinski definition) is 6. The summed E-state index contributed by atoms with van der Waals surface area (Å²) < 4.78 is 0. The van der Waals surface area contributed by atoms with Crippen LogP contribution in [0.15, 0.2) is 29.8 Å². The lowest BCUT2D eigenvalue weighted by Gasteiger charge is -2.35. The van der Waals surface area contributed by atoms with Crippen LogP contribution in [0.25, 0.3) is 10.4 Å². The highest BCUT2D eigenvalue weighted by molar-refractivity contribution is 7.13. The number of benzene rings is 1. The van der Waals surface area contributed by atoms with Gasteiger partial charge in [0.05, 0.1) is 22.2 Å². The van der Waals surface area contributed by atoms with E-state index in [9.17, 15) is 19.5 Å². The Morgan fingerprint density at radius 3 is 2.40 bits per heavy atom. The molecule has 0 saturated carbocycles. The maximum absolute atomic E-state index is 13.7. The number of rotatable bonds is 13. The highest BCUT2D eigenvalue weighted by Crippen LogP contribution is 2.28. The molecule has 2 aromatic rings. The van der Waals surface area contributed by atoms with Gasteiger partial charge in [-0.3, -0.25) is 14.4 Å². The summed E-state index contributed by atoms with van der Waals surface area (Å²) in [4.78, 5) is 46.5. The second kappa shape index (κ2) is 14.7. The van der Waals surface area contributed by atoms with E-state index < -0.39 is 23.6 Å². The fourth-order valence-corrected chi connectivity index (χ4v) is 5.89. The van der Waals surface area contributed by atoms with Crippen molar-refractivity contribution < 1.29 is 19.5 Å². The van der Waals surface area contributed by atoms with Crippen LogP contribution in [-0.4, -0.2) is 57.4 Å². The van der Waals surface area contributed by atoms with Crippen molar-refractivity contribution in [2.45, 2.75) is 111 Å². The first-order valence-electron chi connectivity index (χ1n) is 14.6. The van der Waals surface area contributed by atoms with E-state index in [1.54, 1.807) is 11.3 Å². The molecule has 3 N–H and O–H groups in total. The van der Waals surface area contributed by atoms with Crippen LogP contribution in [0.1, 0.15) is 90.3 Å². The zero-order valence-corrected chi connectivity index (χ0v) is 25.5. The number of unbranched alkanes of at least 4 members (excludes halogenated alkanes) is 5. The molecule has 1 fully saturated rings. The number of carbonyl (C=O) groups is 3. The summed E-state index contributed by atoms with van der Waals surface area (Å²) >= 11 is 1.59. The average molecular weight is 571 g/mol. The Morgan fingerprint density at radius 2 is 1.77 bits per heavy atom. The molecule has 9 heteroatoms. The van der Waals surface area contributed by atoms with Crippen molar-refractivity contribution >= 4 is 29.1 Å². The predicted octanol–water partition coefficient (Wildman–Crippen LogP) is 4.98. The SMILES string of the molecule is CCCCCCCCC(=O)N[C@H](C(=O)N1C[C@H](O)C[C@H]1C(=O)NCc1ccc(-c2scnc2C)cc1)C(C)(C)C. The second-order valence-corrected chi connectivity index (χ2v) is 12.8. The minimum absolute atomic E-state index is 0.0691. The van der Waals surface area contributed by atoms with Gasteiger partial charge in [-0.2, -0.15) is 0 Å². The number of hydrogen-bond donors (Lipinski definition) is 3. The van der Waals surface area contributed by atoms with Crippen LogP contribution in [0, 0.1) is 12.3 Å². The molecule has 0 aliphatic carbocycles. The third-order valence-corrected chi connectivity index (χ3v) is 8.45. The second-order valence-electron chi connectivity index (χ2n) is 12.0. The summed E-state index contributed by atoms with van der Waals surface area (Å²) in [5.74, 6) is -0.787. The molecule has 0 radical (unpaired) electrons. The van der Waals surface area contributed by atoms with Crippen LogP contribution in [0.3, 0.4) is 0 Å². The van der Waals surface area contributed by atoms with Crippen molar-refractivity contribution in [3.63, 3.8) is 0 Å². The lowest BCUT2D eigenvalue weighted by Crippen LogP contribution is -2.57. The zero-order chi connectivity index (χ0) is 29.3. The Hall–Kier alpha value is -2.78. The van der Waals surface area contributed by atoms with Crippen molar-refractivity contribution in [3.8, 4) is 10.4 Å². The number of aliphatic hydroxyl groups excluding tert-OH is 1. The molecule has 1 aromatic heterocycles. The number of nitrogens with one attached hydrogen (secondary N) is 2. The summed E-state index contributed by atoms with van der Waals surface area (Å²) in [5.41, 5.74) is 4.28. The molecular formula is C31H46N4O4S. The standard InChI is InChI=1S/C31H46N4O4S/c1-6-7-8-9-10-11-12-26(37)34-28(31(3,4)5)30(39)35-19-24(36)17-25(35)29(38)32-18-22-13-15-23(16-14-22)27-21(2)33-20-40-27/h13-16,20,24-25,28,36H,6-12,17-19H2,1-5H3,(H,32,38)(H,34,37)/t24-,25+,28-/m1/s1. The van der Waals surface area contributed by atoms with Crippen molar-refractivity contribution in [1.29, 1.82) is 0 Å². The van der Waals surface area contributed by atoms with Crippen LogP contribution >= 0.6 is 11.3 Å². The van der Waals surface area contributed by atoms with E-state index >= 15 is 0 Å². The van der Waals surface area contributed by atoms with E-state index in [2.05, 4.69) is 22.5 Å². The molecule has 3 rings (SSSR count). The fraction of sp³-hybridized carbons (Fsp3) is 0.613. The third-order valence-electron chi connectivity index (χ3n) is 7.47. The third kappa shape index (κ3) is 8.86. The number of likely N-dealkylation sites (tertiary alicyclic amines) is 1. The van der Waals surface area contributed by atoms with Crippen LogP contribution in [0.5, 0.6) is 0 Å². The van der Waals surface area contributed by atoms with Crippen molar-refractivity contribution in [1.82, 2.24) is 20.5 Å². The topological polar surface area (TPSA) is 112 Å². The number of aliphatic hydroxyl groups is 1. The summed E-state index contributed by atoms with van der Waals surface area (Å²) in [6, 6.07) is 6.38. The van der Waals surface area contributed by atoms with Crippen molar-refractivity contribution in [2.24, 2.45) is 5.41 Å². The van der Waals surface area contributed by atoms with E-state index in [0.29, 0.717) is 13.0 Å². The molecule has 3 amide bonds. The summed E-state index contributed by atoms with van der Waals surface area (Å²) in [6.45, 7) is 10.2. The largest absolute Gasteiger partial charge is 0.391 e. The van der Waals surface area contributed by atoms with Gasteiger partial charge < -0.3 is 20.6 Å². The smallest absolute Gasteiger partial charge is 0.246 e. The number of thiazole rings is 1. The summed E-state index contributed by atoms with van der Waals surface area (Å²) in [7, 11) is 0. The van der Waals surface area contributed by atoms with E-state index in [1.165, 1.54) is 24.2 Å². The fourth-order valence-electron chi connectivity index (χ4n) is 5.08. The van der Waals surface area contributed by atoms with Crippen molar-refractivity contribution in [2.75, 3.05) is 6.54 Å². The first-order chi connectivity index (χ1) is 19.0. The maximum atomic E-state index is 13.7. The number of aromatic nitrogens is 1. The minimum Gasteiger partial charge on any atom is -0.391 e. The number of amides is 3. The van der Waals surface area contributed by atoms with Gasteiger partial charge in [-0.15, -0.1) is 11.3 Å². The first-order valence-corrected chi connectivity index (χ1v) is 15.4. The Labute approximate surface area is 243 Å². The highest BCUT2D eigenvalue weighted by atomic mass is 32.1. The number of carbonyl (C=O) groups excluding carboxylic acids is 3. The molecule has 1 aromatic carbocycles. The molecule has 40 heavy (non-hydrogen) atoms. The van der Waals surface area contributed by atoms with Crippen molar-refractivity contribution in [3.05, 3.63) is 41.0 Å². The molecule has 8 nitrogen and oxygen atoms in total. The molecule has 1 aliphatic heterocycles. The quantitative estimate of drug-likeness (QED) is 0.294. The van der Waals surface area contributed by atoms with E-state index in [-0.39, 0.29) is 30.7 Å². The molecule has 0 spiro atoms. The van der Waals surface area contributed by atoms with Crippen LogP contribution in [0.4, 0.5) is 0 Å². The lowest BCUT2D eigenvalue weighted by molar-refractivity contribution is -0.144. The zero-order valence-electron chi connectivity index (χ0n) is 24.7. The lowest BCUT2D eigenvalue weighted by atomic mass is 9.85. The van der Waals surface area contributed by atoms with Gasteiger partial charge in [-0.05, 0) is 29.9 Å². The van der Waals surface area contributed by atoms with Crippen LogP contribution in [0.2, 0.25) is 0 Å². The molecule has 3 atom stereocenters. The van der Waals surface area contributed by atoms with E-state index in [4.69, 9.17) is 0 Å². The number of β-amino-alcohol motifs (C(OH)–C–C–N with tert-alkyl or cyclic N) is 1. The molecular weight excluding hydrogens is 524 g/mol. The monoisotopic (exact) mass is 570 g/mol. The van der Waals surface area contributed by atoms with Crippen LogP contribution < -0.4 is 10.6 Å². The summed E-state index contributed by atoms with van der Waals surface area (Å²) in [6.07, 6.45) is 6.23. The Morgan fingerprint density at radius 1 is 1.10 bits per heavy atom. The van der Waals surface area contributed by atoms with Gasteiger partial charge in [0.15, 0.2) is 0 Å². The number of aryl methyl sites for hydroxylation is 1. The summed E-state index contributed by atoms with van der Waals surface area (Å²) in [5, 5.41) is 16.3. The van der Waals surface area contributed by atoms with Gasteiger partial charge in [-0.25, -0.2) is 4.98 Å². The van der Waals surface area contributed by atoms with E-state index in [0.717, 1.165) is 41.0 Å². The Kier molecular flexibility index (Phi) is 11.7. The highest BCUT2D eigenvalue weighted by Gasteiger charge is 2.44. The van der Waals surface area contributed by atoms with Gasteiger partial charge in [0.25, 0.3) is 0 Å². The van der Waals surface area contributed by atoms with Gasteiger partial charge in [0, 0.05) is 25.9 Å². The molecule has 0 bridgehead atoms.